The first-order valence-electron chi connectivity index (χ1n) is 5.27. The summed E-state index contributed by atoms with van der Waals surface area (Å²) in [6.45, 7) is 2.48. The van der Waals surface area contributed by atoms with Crippen LogP contribution in [-0.4, -0.2) is 26.8 Å². The molecule has 2 rings (SSSR count). The molecule has 1 aliphatic rings. The third kappa shape index (κ3) is 2.60. The van der Waals surface area contributed by atoms with Gasteiger partial charge in [0.1, 0.15) is 10.1 Å². The van der Waals surface area contributed by atoms with Gasteiger partial charge in [-0.1, -0.05) is 30.0 Å². The van der Waals surface area contributed by atoms with Gasteiger partial charge in [-0.3, -0.25) is 9.69 Å². The summed E-state index contributed by atoms with van der Waals surface area (Å²) in [5.74, 6) is 0.116. The zero-order valence-corrected chi connectivity index (χ0v) is 12.7. The molecule has 1 saturated heterocycles. The van der Waals surface area contributed by atoms with Crippen LogP contribution in [0.3, 0.4) is 0 Å². The molecule has 0 aliphatic carbocycles. The second-order valence-electron chi connectivity index (χ2n) is 3.64. The lowest BCUT2D eigenvalue weighted by atomic mass is 10.2. The normalized spacial score (nSPS) is 17.9. The van der Waals surface area contributed by atoms with Gasteiger partial charge in [-0.05, 0) is 46.6 Å². The second-order valence-corrected chi connectivity index (χ2v) is 6.17. The highest BCUT2D eigenvalue weighted by molar-refractivity contribution is 9.10. The van der Waals surface area contributed by atoms with Crippen LogP contribution in [0.25, 0.3) is 6.08 Å². The molecule has 0 bridgehead atoms. The first-order chi connectivity index (χ1) is 8.52. The fourth-order valence-electron chi connectivity index (χ4n) is 1.54. The first-order valence-corrected chi connectivity index (χ1v) is 7.28. The number of thioether (sulfide) groups is 1. The van der Waals surface area contributed by atoms with Crippen LogP contribution in [0, 0.1) is 0 Å². The molecule has 0 aromatic heterocycles. The zero-order valence-electron chi connectivity index (χ0n) is 9.51. The lowest BCUT2D eigenvalue weighted by Crippen LogP contribution is -2.27. The number of nitrogens with zero attached hydrogens (tertiary/aromatic N) is 1. The molecule has 1 heterocycles. The number of hydrogen-bond donors (Lipinski definition) is 1. The molecular weight excluding hydrogens is 334 g/mol. The molecule has 0 unspecified atom stereocenters. The van der Waals surface area contributed by atoms with Crippen LogP contribution in [0.5, 0.6) is 5.75 Å². The lowest BCUT2D eigenvalue weighted by Gasteiger charge is -2.09. The van der Waals surface area contributed by atoms with E-state index in [0.717, 1.165) is 5.56 Å². The van der Waals surface area contributed by atoms with Crippen molar-refractivity contribution in [1.29, 1.82) is 0 Å². The summed E-state index contributed by atoms with van der Waals surface area (Å²) in [5.41, 5.74) is 0.844. The van der Waals surface area contributed by atoms with E-state index in [4.69, 9.17) is 12.2 Å². The molecule has 1 aromatic rings. The van der Waals surface area contributed by atoms with Gasteiger partial charge in [0.15, 0.2) is 0 Å². The predicted octanol–water partition coefficient (Wildman–Crippen LogP) is 3.38. The zero-order chi connectivity index (χ0) is 13.3. The van der Waals surface area contributed by atoms with Gasteiger partial charge >= 0.3 is 0 Å². The minimum atomic E-state index is -0.0586. The number of rotatable bonds is 2. The van der Waals surface area contributed by atoms with E-state index in [1.165, 1.54) is 11.8 Å². The Morgan fingerprint density at radius 3 is 2.83 bits per heavy atom. The standard InChI is InChI=1S/C12H10BrNO2S2/c1-2-14-11(16)10(18-12(14)17)6-7-3-4-9(15)8(13)5-7/h3-6,15H,2H2,1H3/b10-6+. The van der Waals surface area contributed by atoms with E-state index in [1.807, 2.05) is 6.92 Å². The predicted molar refractivity (Wildman–Crippen MR) is 81.4 cm³/mol. The molecule has 18 heavy (non-hydrogen) atoms. The van der Waals surface area contributed by atoms with Crippen LogP contribution in [0.1, 0.15) is 12.5 Å². The summed E-state index contributed by atoms with van der Waals surface area (Å²) in [6.07, 6.45) is 1.78. The molecule has 1 aromatic carbocycles. The highest BCUT2D eigenvalue weighted by atomic mass is 79.9. The van der Waals surface area contributed by atoms with E-state index >= 15 is 0 Å². The summed E-state index contributed by atoms with van der Waals surface area (Å²) in [5, 5.41) is 9.41. The smallest absolute Gasteiger partial charge is 0.266 e. The maximum absolute atomic E-state index is 12.0. The van der Waals surface area contributed by atoms with E-state index in [1.54, 1.807) is 29.2 Å². The Hall–Kier alpha value is -0.850. The number of halogens is 1. The van der Waals surface area contributed by atoms with Crippen molar-refractivity contribution in [1.82, 2.24) is 4.90 Å². The number of amides is 1. The van der Waals surface area contributed by atoms with Crippen molar-refractivity contribution in [3.8, 4) is 5.75 Å². The molecule has 3 nitrogen and oxygen atoms in total. The second kappa shape index (κ2) is 5.42. The number of hydrogen-bond acceptors (Lipinski definition) is 4. The number of aromatic hydroxyl groups is 1. The molecule has 94 valence electrons. The van der Waals surface area contributed by atoms with Crippen LogP contribution >= 0.6 is 39.9 Å². The van der Waals surface area contributed by atoms with Crippen molar-refractivity contribution in [3.63, 3.8) is 0 Å². The third-order valence-corrected chi connectivity index (χ3v) is 4.47. The minimum Gasteiger partial charge on any atom is -0.507 e. The Morgan fingerprint density at radius 1 is 1.56 bits per heavy atom. The van der Waals surface area contributed by atoms with Gasteiger partial charge in [0.05, 0.1) is 9.38 Å². The summed E-state index contributed by atoms with van der Waals surface area (Å²) < 4.78 is 1.19. The number of phenols is 1. The average molecular weight is 344 g/mol. The lowest BCUT2D eigenvalue weighted by molar-refractivity contribution is -0.121. The Bertz CT molecular complexity index is 557. The summed E-state index contributed by atoms with van der Waals surface area (Å²) in [4.78, 5) is 14.2. The largest absolute Gasteiger partial charge is 0.507 e. The number of thiocarbonyl (C=S) groups is 1. The van der Waals surface area contributed by atoms with Gasteiger partial charge in [-0.2, -0.15) is 0 Å². The van der Waals surface area contributed by atoms with Crippen molar-refractivity contribution < 1.29 is 9.90 Å². The van der Waals surface area contributed by atoms with Crippen LogP contribution in [-0.2, 0) is 4.79 Å². The van der Waals surface area contributed by atoms with E-state index in [9.17, 15) is 9.90 Å². The molecule has 0 spiro atoms. The molecule has 1 aliphatic heterocycles. The maximum Gasteiger partial charge on any atom is 0.266 e. The average Bonchev–Trinajstić information content (AvgIpc) is 2.59. The molecule has 1 fully saturated rings. The van der Waals surface area contributed by atoms with Gasteiger partial charge in [0, 0.05) is 6.54 Å². The van der Waals surface area contributed by atoms with Crippen molar-refractivity contribution in [2.75, 3.05) is 6.54 Å². The highest BCUT2D eigenvalue weighted by Gasteiger charge is 2.30. The molecule has 0 atom stereocenters. The Balaban J connectivity index is 2.32. The van der Waals surface area contributed by atoms with Crippen molar-refractivity contribution in [2.24, 2.45) is 0 Å². The molecule has 0 radical (unpaired) electrons. The highest BCUT2D eigenvalue weighted by Crippen LogP contribution is 2.33. The van der Waals surface area contributed by atoms with E-state index in [0.29, 0.717) is 20.2 Å². The SMILES string of the molecule is CCN1C(=O)/C(=C\c2ccc(O)c(Br)c2)SC1=S. The van der Waals surface area contributed by atoms with Crippen molar-refractivity contribution in [3.05, 3.63) is 33.1 Å². The summed E-state index contributed by atoms with van der Waals surface area (Å²) >= 11 is 9.68. The Kier molecular flexibility index (Phi) is 4.09. The van der Waals surface area contributed by atoms with E-state index in [2.05, 4.69) is 15.9 Å². The fourth-order valence-corrected chi connectivity index (χ4v) is 3.32. The van der Waals surface area contributed by atoms with Crippen LogP contribution in [0.4, 0.5) is 0 Å². The number of phenolic OH excluding ortho intramolecular Hbond substituents is 1. The van der Waals surface area contributed by atoms with Gasteiger partial charge in [-0.25, -0.2) is 0 Å². The fraction of sp³-hybridized carbons (Fsp3) is 0.167. The Labute approximate surface area is 123 Å². The molecule has 1 N–H and O–H groups in total. The molecule has 6 heteroatoms. The number of carbonyl (C=O) groups is 1. The molecule has 1 amide bonds. The molecular formula is C12H10BrNO2S2. The topological polar surface area (TPSA) is 40.5 Å². The van der Waals surface area contributed by atoms with Crippen LogP contribution in [0.2, 0.25) is 0 Å². The summed E-state index contributed by atoms with van der Waals surface area (Å²) in [7, 11) is 0. The quantitative estimate of drug-likeness (QED) is 0.660. The van der Waals surface area contributed by atoms with Crippen molar-refractivity contribution >= 4 is 56.2 Å². The number of carbonyl (C=O) groups excluding carboxylic acids is 1. The Morgan fingerprint density at radius 2 is 2.28 bits per heavy atom. The van der Waals surface area contributed by atoms with E-state index < -0.39 is 0 Å². The summed E-state index contributed by atoms with van der Waals surface area (Å²) in [6, 6.07) is 5.09. The van der Waals surface area contributed by atoms with Gasteiger partial charge < -0.3 is 5.11 Å². The molecule has 0 saturated carbocycles. The van der Waals surface area contributed by atoms with Crippen LogP contribution in [0.15, 0.2) is 27.6 Å². The third-order valence-electron chi connectivity index (χ3n) is 2.46. The van der Waals surface area contributed by atoms with Gasteiger partial charge in [0.25, 0.3) is 5.91 Å². The first kappa shape index (κ1) is 13.6. The maximum atomic E-state index is 12.0. The van der Waals surface area contributed by atoms with Crippen LogP contribution < -0.4 is 0 Å². The van der Waals surface area contributed by atoms with Crippen molar-refractivity contribution in [2.45, 2.75) is 6.92 Å². The number of benzene rings is 1. The minimum absolute atomic E-state index is 0.0586. The van der Waals surface area contributed by atoms with E-state index in [-0.39, 0.29) is 11.7 Å². The monoisotopic (exact) mass is 343 g/mol. The number of likely N-dealkylation sites (N-methyl/N-ethyl adjacent to an activating group) is 1. The van der Waals surface area contributed by atoms with Gasteiger partial charge in [0.2, 0.25) is 0 Å². The van der Waals surface area contributed by atoms with Gasteiger partial charge in [-0.15, -0.1) is 0 Å².